The SMILES string of the molecule is CC(C)c1ccc(NC(=O)C(=O)NC2CCCC2)cc1. The summed E-state index contributed by atoms with van der Waals surface area (Å²) in [7, 11) is 0. The molecule has 0 aliphatic heterocycles. The number of nitrogens with one attached hydrogen (secondary N) is 2. The van der Waals surface area contributed by atoms with Crippen LogP contribution in [0.4, 0.5) is 5.69 Å². The van der Waals surface area contributed by atoms with Crippen molar-refractivity contribution in [1.82, 2.24) is 5.32 Å². The van der Waals surface area contributed by atoms with Crippen LogP contribution in [0, 0.1) is 0 Å². The summed E-state index contributed by atoms with van der Waals surface area (Å²) in [5.74, 6) is -0.676. The summed E-state index contributed by atoms with van der Waals surface area (Å²) in [5.41, 5.74) is 1.86. The van der Waals surface area contributed by atoms with Crippen molar-refractivity contribution in [2.75, 3.05) is 5.32 Å². The fourth-order valence-corrected chi connectivity index (χ4v) is 2.46. The van der Waals surface area contributed by atoms with Crippen LogP contribution in [0.25, 0.3) is 0 Å². The molecule has 0 unspecified atom stereocenters. The van der Waals surface area contributed by atoms with E-state index in [9.17, 15) is 9.59 Å². The number of hydrogen-bond donors (Lipinski definition) is 2. The van der Waals surface area contributed by atoms with Crippen molar-refractivity contribution in [1.29, 1.82) is 0 Å². The molecule has 2 amide bonds. The lowest BCUT2D eigenvalue weighted by atomic mass is 10.0. The van der Waals surface area contributed by atoms with Gasteiger partial charge in [-0.05, 0) is 36.5 Å². The van der Waals surface area contributed by atoms with Crippen LogP contribution < -0.4 is 10.6 Å². The highest BCUT2D eigenvalue weighted by Gasteiger charge is 2.21. The molecule has 4 nitrogen and oxygen atoms in total. The number of anilines is 1. The Kier molecular flexibility index (Phi) is 4.77. The maximum absolute atomic E-state index is 11.8. The average molecular weight is 274 g/mol. The first-order valence-electron chi connectivity index (χ1n) is 7.28. The fraction of sp³-hybridized carbons (Fsp3) is 0.500. The molecule has 1 saturated carbocycles. The zero-order chi connectivity index (χ0) is 14.5. The van der Waals surface area contributed by atoms with Crippen LogP contribution in [-0.2, 0) is 9.59 Å². The highest BCUT2D eigenvalue weighted by atomic mass is 16.2. The van der Waals surface area contributed by atoms with E-state index in [-0.39, 0.29) is 6.04 Å². The van der Waals surface area contributed by atoms with Crippen LogP contribution in [0.5, 0.6) is 0 Å². The number of carbonyl (C=O) groups excluding carboxylic acids is 2. The van der Waals surface area contributed by atoms with Crippen LogP contribution in [0.1, 0.15) is 51.0 Å². The number of carbonyl (C=O) groups is 2. The van der Waals surface area contributed by atoms with Crippen molar-refractivity contribution >= 4 is 17.5 Å². The van der Waals surface area contributed by atoms with Gasteiger partial charge in [-0.25, -0.2) is 0 Å². The third kappa shape index (κ3) is 3.83. The smallest absolute Gasteiger partial charge is 0.313 e. The van der Waals surface area contributed by atoms with Gasteiger partial charge in [-0.1, -0.05) is 38.8 Å². The third-order valence-corrected chi connectivity index (χ3v) is 3.73. The highest BCUT2D eigenvalue weighted by molar-refractivity contribution is 6.39. The topological polar surface area (TPSA) is 58.2 Å². The lowest BCUT2D eigenvalue weighted by Crippen LogP contribution is -2.40. The lowest BCUT2D eigenvalue weighted by Gasteiger charge is -2.12. The molecule has 0 radical (unpaired) electrons. The molecule has 1 aliphatic rings. The fourth-order valence-electron chi connectivity index (χ4n) is 2.46. The minimum absolute atomic E-state index is 0.163. The van der Waals surface area contributed by atoms with E-state index >= 15 is 0 Å². The minimum Gasteiger partial charge on any atom is -0.345 e. The molecule has 108 valence electrons. The van der Waals surface area contributed by atoms with Crippen molar-refractivity contribution in [2.45, 2.75) is 51.5 Å². The predicted octanol–water partition coefficient (Wildman–Crippen LogP) is 2.81. The molecule has 0 saturated heterocycles. The Labute approximate surface area is 119 Å². The van der Waals surface area contributed by atoms with Crippen LogP contribution in [0.15, 0.2) is 24.3 Å². The van der Waals surface area contributed by atoms with Gasteiger partial charge in [0.15, 0.2) is 0 Å². The Bertz CT molecular complexity index is 474. The van der Waals surface area contributed by atoms with Crippen molar-refractivity contribution < 1.29 is 9.59 Å². The number of hydrogen-bond acceptors (Lipinski definition) is 2. The molecule has 0 aromatic heterocycles. The van der Waals surface area contributed by atoms with Crippen LogP contribution in [0.2, 0.25) is 0 Å². The molecule has 0 spiro atoms. The van der Waals surface area contributed by atoms with Gasteiger partial charge in [-0.2, -0.15) is 0 Å². The van der Waals surface area contributed by atoms with Gasteiger partial charge in [0.1, 0.15) is 0 Å². The van der Waals surface area contributed by atoms with E-state index in [1.54, 1.807) is 0 Å². The first-order chi connectivity index (χ1) is 9.56. The van der Waals surface area contributed by atoms with E-state index in [1.807, 2.05) is 24.3 Å². The molecule has 1 aliphatic carbocycles. The molecule has 1 aromatic rings. The number of benzene rings is 1. The van der Waals surface area contributed by atoms with E-state index in [2.05, 4.69) is 24.5 Å². The first kappa shape index (κ1) is 14.6. The Morgan fingerprint density at radius 2 is 1.65 bits per heavy atom. The summed E-state index contributed by atoms with van der Waals surface area (Å²) in [5, 5.41) is 5.41. The predicted molar refractivity (Wildman–Crippen MR) is 79.6 cm³/mol. The highest BCUT2D eigenvalue weighted by Crippen LogP contribution is 2.18. The molecule has 0 atom stereocenters. The summed E-state index contributed by atoms with van der Waals surface area (Å²) < 4.78 is 0. The molecule has 4 heteroatoms. The summed E-state index contributed by atoms with van der Waals surface area (Å²) in [6, 6.07) is 7.76. The Morgan fingerprint density at radius 3 is 2.20 bits per heavy atom. The normalized spacial score (nSPS) is 15.3. The largest absolute Gasteiger partial charge is 0.345 e. The van der Waals surface area contributed by atoms with Gasteiger partial charge < -0.3 is 10.6 Å². The van der Waals surface area contributed by atoms with Gasteiger partial charge in [-0.15, -0.1) is 0 Å². The van der Waals surface area contributed by atoms with Crippen LogP contribution >= 0.6 is 0 Å². The maximum atomic E-state index is 11.8. The van der Waals surface area contributed by atoms with E-state index in [0.29, 0.717) is 11.6 Å². The first-order valence-corrected chi connectivity index (χ1v) is 7.28. The van der Waals surface area contributed by atoms with E-state index in [4.69, 9.17) is 0 Å². The molecular formula is C16H22N2O2. The van der Waals surface area contributed by atoms with Crippen molar-refractivity contribution in [3.05, 3.63) is 29.8 Å². The molecule has 0 bridgehead atoms. The molecule has 1 fully saturated rings. The second-order valence-electron chi connectivity index (χ2n) is 5.69. The Hall–Kier alpha value is -1.84. The summed E-state index contributed by atoms with van der Waals surface area (Å²) >= 11 is 0. The third-order valence-electron chi connectivity index (χ3n) is 3.73. The van der Waals surface area contributed by atoms with E-state index < -0.39 is 11.8 Å². The molecule has 2 rings (SSSR count). The zero-order valence-corrected chi connectivity index (χ0v) is 12.1. The lowest BCUT2D eigenvalue weighted by molar-refractivity contribution is -0.136. The Balaban J connectivity index is 1.88. The van der Waals surface area contributed by atoms with Crippen molar-refractivity contribution in [3.8, 4) is 0 Å². The zero-order valence-electron chi connectivity index (χ0n) is 12.1. The van der Waals surface area contributed by atoms with Crippen molar-refractivity contribution in [2.24, 2.45) is 0 Å². The standard InChI is InChI=1S/C16H22N2O2/c1-11(2)12-7-9-14(10-8-12)18-16(20)15(19)17-13-5-3-4-6-13/h7-11,13H,3-6H2,1-2H3,(H,17,19)(H,18,20). The molecule has 20 heavy (non-hydrogen) atoms. The van der Waals surface area contributed by atoms with Crippen LogP contribution in [-0.4, -0.2) is 17.9 Å². The minimum atomic E-state index is -0.589. The monoisotopic (exact) mass is 274 g/mol. The summed E-state index contributed by atoms with van der Waals surface area (Å²) in [4.78, 5) is 23.6. The second-order valence-corrected chi connectivity index (χ2v) is 5.69. The average Bonchev–Trinajstić information content (AvgIpc) is 2.92. The van der Waals surface area contributed by atoms with Gasteiger partial charge in [0.25, 0.3) is 0 Å². The number of rotatable bonds is 3. The van der Waals surface area contributed by atoms with E-state index in [1.165, 1.54) is 5.56 Å². The molecule has 0 heterocycles. The second kappa shape index (κ2) is 6.55. The van der Waals surface area contributed by atoms with Gasteiger partial charge in [0.2, 0.25) is 0 Å². The summed E-state index contributed by atoms with van der Waals surface area (Å²) in [6.07, 6.45) is 4.21. The summed E-state index contributed by atoms with van der Waals surface area (Å²) in [6.45, 7) is 4.23. The van der Waals surface area contributed by atoms with Gasteiger partial charge in [0.05, 0.1) is 0 Å². The quantitative estimate of drug-likeness (QED) is 0.833. The van der Waals surface area contributed by atoms with E-state index in [0.717, 1.165) is 25.7 Å². The number of amides is 2. The maximum Gasteiger partial charge on any atom is 0.313 e. The van der Waals surface area contributed by atoms with Gasteiger partial charge in [-0.3, -0.25) is 9.59 Å². The van der Waals surface area contributed by atoms with Crippen LogP contribution in [0.3, 0.4) is 0 Å². The molecule has 1 aromatic carbocycles. The van der Waals surface area contributed by atoms with Gasteiger partial charge in [0, 0.05) is 11.7 Å². The molecule has 2 N–H and O–H groups in total. The van der Waals surface area contributed by atoms with Crippen molar-refractivity contribution in [3.63, 3.8) is 0 Å². The molecular weight excluding hydrogens is 252 g/mol. The van der Waals surface area contributed by atoms with Gasteiger partial charge >= 0.3 is 11.8 Å². The Morgan fingerprint density at radius 1 is 1.05 bits per heavy atom.